The topological polar surface area (TPSA) is 148 Å². The van der Waals surface area contributed by atoms with Gasteiger partial charge in [0.1, 0.15) is 0 Å². The van der Waals surface area contributed by atoms with Gasteiger partial charge in [0.25, 0.3) is 23.4 Å². The third-order valence-electron chi connectivity index (χ3n) is 7.34. The van der Waals surface area contributed by atoms with Crippen molar-refractivity contribution in [3.63, 3.8) is 0 Å². The van der Waals surface area contributed by atoms with E-state index in [1.54, 1.807) is 12.4 Å². The van der Waals surface area contributed by atoms with E-state index in [-0.39, 0.29) is 0 Å². The van der Waals surface area contributed by atoms with E-state index >= 15 is 0 Å². The summed E-state index contributed by atoms with van der Waals surface area (Å²) < 4.78 is 0. The number of rotatable bonds is 17. The summed E-state index contributed by atoms with van der Waals surface area (Å²) in [6, 6.07) is 11.4. The zero-order valence-electron chi connectivity index (χ0n) is 24.3. The van der Waals surface area contributed by atoms with Crippen LogP contribution in [0.3, 0.4) is 0 Å². The number of carbonyl (C=O) groups excluding carboxylic acids is 4. The second kappa shape index (κ2) is 15.1. The fourth-order valence-electron chi connectivity index (χ4n) is 4.97. The summed E-state index contributed by atoms with van der Waals surface area (Å²) in [6.45, 7) is 8.04. The van der Waals surface area contributed by atoms with Crippen LogP contribution in [0.5, 0.6) is 0 Å². The summed E-state index contributed by atoms with van der Waals surface area (Å²) in [5, 5.41) is 13.7. The summed E-state index contributed by atoms with van der Waals surface area (Å²) in [5.41, 5.74) is 4.61. The van der Waals surface area contributed by atoms with Gasteiger partial charge in [-0.1, -0.05) is 36.4 Å². The van der Waals surface area contributed by atoms with Gasteiger partial charge in [0.05, 0.1) is 11.1 Å². The molecule has 10 heteroatoms. The van der Waals surface area contributed by atoms with E-state index in [1.165, 1.54) is 0 Å². The Hall–Kier alpha value is -4.28. The van der Waals surface area contributed by atoms with Crippen LogP contribution in [-0.2, 0) is 9.59 Å². The van der Waals surface area contributed by atoms with Crippen molar-refractivity contribution in [2.45, 2.75) is 39.5 Å². The van der Waals surface area contributed by atoms with Crippen LogP contribution < -0.4 is 21.3 Å². The first-order chi connectivity index (χ1) is 20.4. The SMILES string of the molecule is Cc1cccc2c(C(=O)C(=O)NCCCNCCCCNCCCNC(=O)C(=O)c3c[nH]c4c(C)cccc34)c[nH]c12. The molecule has 0 saturated heterocycles. The number of hydrogen-bond acceptors (Lipinski definition) is 6. The summed E-state index contributed by atoms with van der Waals surface area (Å²) in [4.78, 5) is 55.9. The van der Waals surface area contributed by atoms with E-state index in [0.29, 0.717) is 24.2 Å². The largest absolute Gasteiger partial charge is 0.360 e. The van der Waals surface area contributed by atoms with Crippen molar-refractivity contribution in [2.24, 2.45) is 0 Å². The fourth-order valence-corrected chi connectivity index (χ4v) is 4.97. The van der Waals surface area contributed by atoms with Crippen LogP contribution in [0.2, 0.25) is 0 Å². The number of unbranched alkanes of at least 4 members (excludes halogenated alkanes) is 1. The molecule has 0 aliphatic heterocycles. The van der Waals surface area contributed by atoms with Gasteiger partial charge < -0.3 is 31.2 Å². The molecule has 0 fully saturated rings. The van der Waals surface area contributed by atoms with Gasteiger partial charge in [0.15, 0.2) is 0 Å². The van der Waals surface area contributed by atoms with Crippen LogP contribution in [0.25, 0.3) is 21.8 Å². The van der Waals surface area contributed by atoms with E-state index in [4.69, 9.17) is 0 Å². The first kappa shape index (κ1) is 30.7. The maximum Gasteiger partial charge on any atom is 0.292 e. The van der Waals surface area contributed by atoms with Crippen LogP contribution in [0.1, 0.15) is 57.5 Å². The van der Waals surface area contributed by atoms with Gasteiger partial charge in [-0.05, 0) is 76.8 Å². The summed E-state index contributed by atoms with van der Waals surface area (Å²) in [5.74, 6) is -2.22. The molecule has 10 nitrogen and oxygen atoms in total. The lowest BCUT2D eigenvalue weighted by Crippen LogP contribution is -2.33. The van der Waals surface area contributed by atoms with Crippen molar-refractivity contribution in [1.82, 2.24) is 31.2 Å². The van der Waals surface area contributed by atoms with Crippen molar-refractivity contribution in [3.8, 4) is 0 Å². The van der Waals surface area contributed by atoms with Crippen molar-refractivity contribution < 1.29 is 19.2 Å². The summed E-state index contributed by atoms with van der Waals surface area (Å²) in [7, 11) is 0. The van der Waals surface area contributed by atoms with E-state index < -0.39 is 23.4 Å². The summed E-state index contributed by atoms with van der Waals surface area (Å²) >= 11 is 0. The van der Waals surface area contributed by atoms with Crippen LogP contribution in [0.15, 0.2) is 48.8 Å². The number of H-pyrrole nitrogens is 2. The Labute approximate surface area is 245 Å². The number of aromatic nitrogens is 2. The number of Topliss-reactive ketones (excluding diaryl/α,β-unsaturated/α-hetero) is 2. The lowest BCUT2D eigenvalue weighted by Gasteiger charge is -2.08. The molecule has 0 aliphatic rings. The average molecular weight is 573 g/mol. The Kier molecular flexibility index (Phi) is 11.0. The van der Waals surface area contributed by atoms with E-state index in [0.717, 1.165) is 84.8 Å². The van der Waals surface area contributed by atoms with Gasteiger partial charge in [-0.25, -0.2) is 0 Å². The van der Waals surface area contributed by atoms with Gasteiger partial charge in [-0.2, -0.15) is 0 Å². The van der Waals surface area contributed by atoms with E-state index in [1.807, 2.05) is 50.2 Å². The fraction of sp³-hybridized carbons (Fsp3) is 0.375. The molecule has 2 aromatic carbocycles. The van der Waals surface area contributed by atoms with Crippen LogP contribution in [0, 0.1) is 13.8 Å². The number of para-hydroxylation sites is 2. The molecule has 0 spiro atoms. The number of carbonyl (C=O) groups is 4. The Balaban J connectivity index is 0.976. The van der Waals surface area contributed by atoms with Crippen LogP contribution >= 0.6 is 0 Å². The van der Waals surface area contributed by atoms with Crippen molar-refractivity contribution >= 4 is 45.2 Å². The zero-order chi connectivity index (χ0) is 29.9. The molecule has 0 aliphatic carbocycles. The molecule has 0 atom stereocenters. The number of ketones is 2. The van der Waals surface area contributed by atoms with Gasteiger partial charge in [0.2, 0.25) is 0 Å². The van der Waals surface area contributed by atoms with Crippen LogP contribution in [-0.4, -0.2) is 72.6 Å². The molecular formula is C32H40N6O4. The molecule has 0 saturated carbocycles. The Morgan fingerprint density at radius 3 is 1.40 bits per heavy atom. The lowest BCUT2D eigenvalue weighted by molar-refractivity contribution is -0.117. The number of hydrogen-bond donors (Lipinski definition) is 6. The Morgan fingerprint density at radius 2 is 0.976 bits per heavy atom. The first-order valence-electron chi connectivity index (χ1n) is 14.6. The maximum absolute atomic E-state index is 12.5. The smallest absolute Gasteiger partial charge is 0.292 e. The molecule has 4 aromatic rings. The summed E-state index contributed by atoms with van der Waals surface area (Å²) in [6.07, 6.45) is 6.69. The maximum atomic E-state index is 12.5. The minimum atomic E-state index is -0.584. The predicted octanol–water partition coefficient (Wildman–Crippen LogP) is 3.30. The highest BCUT2D eigenvalue weighted by Crippen LogP contribution is 2.22. The first-order valence-corrected chi connectivity index (χ1v) is 14.6. The lowest BCUT2D eigenvalue weighted by atomic mass is 10.1. The monoisotopic (exact) mass is 572 g/mol. The molecule has 0 unspecified atom stereocenters. The molecule has 6 N–H and O–H groups in total. The van der Waals surface area contributed by atoms with Gasteiger partial charge in [-0.15, -0.1) is 0 Å². The number of amides is 2. The average Bonchev–Trinajstić information content (AvgIpc) is 3.62. The molecule has 0 radical (unpaired) electrons. The number of aryl methyl sites for hydroxylation is 2. The number of benzene rings is 2. The third kappa shape index (κ3) is 7.71. The van der Waals surface area contributed by atoms with Crippen LogP contribution in [0.4, 0.5) is 0 Å². The molecule has 0 bridgehead atoms. The Morgan fingerprint density at radius 1 is 0.571 bits per heavy atom. The Bertz CT molecular complexity index is 1440. The highest BCUT2D eigenvalue weighted by molar-refractivity contribution is 6.45. The zero-order valence-corrected chi connectivity index (χ0v) is 24.3. The molecular weight excluding hydrogens is 532 g/mol. The minimum absolute atomic E-state index is 0.397. The second-order valence-corrected chi connectivity index (χ2v) is 10.5. The second-order valence-electron chi connectivity index (χ2n) is 10.5. The molecule has 4 rings (SSSR count). The van der Waals surface area contributed by atoms with Crippen molar-refractivity contribution in [2.75, 3.05) is 39.3 Å². The van der Waals surface area contributed by atoms with Gasteiger partial charge in [-0.3, -0.25) is 19.2 Å². The van der Waals surface area contributed by atoms with Crippen molar-refractivity contribution in [1.29, 1.82) is 0 Å². The standard InChI is InChI=1S/C32H40N6O4/c1-21-9-5-11-23-25(19-37-27(21)23)29(39)31(41)35-17-7-15-33-13-3-4-14-34-16-8-18-36-32(42)30(40)26-20-38-28-22(2)10-6-12-24(26)28/h5-6,9-12,19-20,33-34,37-38H,3-4,7-8,13-18H2,1-2H3,(H,35,41)(H,36,42). The number of fused-ring (bicyclic) bond motifs is 2. The molecule has 2 amide bonds. The normalized spacial score (nSPS) is 11.2. The molecule has 2 heterocycles. The third-order valence-corrected chi connectivity index (χ3v) is 7.34. The highest BCUT2D eigenvalue weighted by Gasteiger charge is 2.21. The number of aromatic amines is 2. The van der Waals surface area contributed by atoms with E-state index in [9.17, 15) is 19.2 Å². The predicted molar refractivity (Wildman–Crippen MR) is 165 cm³/mol. The molecule has 2 aromatic heterocycles. The molecule has 222 valence electrons. The van der Waals surface area contributed by atoms with Gasteiger partial charge in [0, 0.05) is 47.3 Å². The molecule has 42 heavy (non-hydrogen) atoms. The number of nitrogens with one attached hydrogen (secondary N) is 6. The quantitative estimate of drug-likeness (QED) is 0.0650. The minimum Gasteiger partial charge on any atom is -0.360 e. The van der Waals surface area contributed by atoms with Gasteiger partial charge >= 0.3 is 0 Å². The van der Waals surface area contributed by atoms with E-state index in [2.05, 4.69) is 31.2 Å². The van der Waals surface area contributed by atoms with Crippen molar-refractivity contribution in [3.05, 3.63) is 71.0 Å². The highest BCUT2D eigenvalue weighted by atomic mass is 16.2.